The van der Waals surface area contributed by atoms with Crippen LogP contribution in [-0.4, -0.2) is 21.1 Å². The van der Waals surface area contributed by atoms with Crippen LogP contribution in [0.5, 0.6) is 0 Å². The second kappa shape index (κ2) is 5.72. The summed E-state index contributed by atoms with van der Waals surface area (Å²) < 4.78 is 2.03. The predicted octanol–water partition coefficient (Wildman–Crippen LogP) is 3.37. The smallest absolute Gasteiger partial charge is 0.163 e. The molecule has 0 spiro atoms. The Balaban J connectivity index is 2.00. The summed E-state index contributed by atoms with van der Waals surface area (Å²) in [5.74, 6) is 1.10. The number of amidine groups is 1. The Morgan fingerprint density at radius 3 is 2.79 bits per heavy atom. The first-order chi connectivity index (χ1) is 11.6. The lowest BCUT2D eigenvalue weighted by Gasteiger charge is -2.13. The van der Waals surface area contributed by atoms with Gasteiger partial charge in [0.15, 0.2) is 5.82 Å². The summed E-state index contributed by atoms with van der Waals surface area (Å²) in [6.07, 6.45) is 3.75. The van der Waals surface area contributed by atoms with Gasteiger partial charge in [-0.3, -0.25) is 4.99 Å². The fourth-order valence-corrected chi connectivity index (χ4v) is 3.67. The Bertz CT molecular complexity index is 950. The highest BCUT2D eigenvalue weighted by Gasteiger charge is 2.26. The van der Waals surface area contributed by atoms with Gasteiger partial charge in [-0.2, -0.15) is 0 Å². The number of nitrogens with zero attached hydrogens (tertiary/aromatic N) is 4. The molecule has 0 fully saturated rings. The molecule has 0 bridgehead atoms. The first-order valence-corrected chi connectivity index (χ1v) is 8.56. The molecule has 120 valence electrons. The van der Waals surface area contributed by atoms with Crippen molar-refractivity contribution in [2.75, 3.05) is 0 Å². The van der Waals surface area contributed by atoms with E-state index in [0.717, 1.165) is 27.4 Å². The van der Waals surface area contributed by atoms with Crippen LogP contribution in [0, 0.1) is 6.92 Å². The van der Waals surface area contributed by atoms with E-state index in [4.69, 9.17) is 10.7 Å². The van der Waals surface area contributed by atoms with Crippen molar-refractivity contribution in [1.29, 1.82) is 0 Å². The van der Waals surface area contributed by atoms with Gasteiger partial charge in [-0.1, -0.05) is 6.07 Å². The number of aryl methyl sites for hydroxylation is 2. The van der Waals surface area contributed by atoms with Crippen LogP contribution < -0.4 is 5.73 Å². The minimum Gasteiger partial charge on any atom is -0.385 e. The maximum Gasteiger partial charge on any atom is 0.163 e. The zero-order valence-electron chi connectivity index (χ0n) is 13.5. The lowest BCUT2D eigenvalue weighted by atomic mass is 10.0. The first-order valence-electron chi connectivity index (χ1n) is 7.68. The summed E-state index contributed by atoms with van der Waals surface area (Å²) in [6, 6.07) is 9.78. The van der Waals surface area contributed by atoms with Gasteiger partial charge in [0.05, 0.1) is 10.6 Å². The average Bonchev–Trinajstić information content (AvgIpc) is 3.19. The molecule has 3 aromatic rings. The van der Waals surface area contributed by atoms with Crippen molar-refractivity contribution in [2.45, 2.75) is 13.0 Å². The zero-order chi connectivity index (χ0) is 16.7. The number of pyridine rings is 1. The average molecular weight is 335 g/mol. The molecule has 0 saturated carbocycles. The molecule has 1 unspecified atom stereocenters. The Kier molecular flexibility index (Phi) is 3.54. The highest BCUT2D eigenvalue weighted by atomic mass is 32.1. The zero-order valence-corrected chi connectivity index (χ0v) is 14.3. The van der Waals surface area contributed by atoms with Crippen LogP contribution in [0.4, 0.5) is 5.82 Å². The van der Waals surface area contributed by atoms with E-state index in [0.29, 0.717) is 11.7 Å². The van der Waals surface area contributed by atoms with E-state index in [9.17, 15) is 0 Å². The number of hydrogen-bond donors (Lipinski definition) is 1. The highest BCUT2D eigenvalue weighted by molar-refractivity contribution is 7.12. The van der Waals surface area contributed by atoms with Crippen LogP contribution >= 0.6 is 11.3 Å². The second-order valence-electron chi connectivity index (χ2n) is 5.76. The summed E-state index contributed by atoms with van der Waals surface area (Å²) in [7, 11) is 1.99. The maximum atomic E-state index is 6.31. The van der Waals surface area contributed by atoms with Crippen LogP contribution in [-0.2, 0) is 7.05 Å². The van der Waals surface area contributed by atoms with Crippen molar-refractivity contribution in [2.24, 2.45) is 22.8 Å². The SMILES string of the molecule is Cc1ccnc2c1C(c1cccs1)=NC(c1cccn1C)C(N)=N2. The van der Waals surface area contributed by atoms with Crippen LogP contribution in [0.3, 0.4) is 0 Å². The standard InChI is InChI=1S/C18H17N5S/c1-11-7-8-20-18-14(11)16(13-6-4-10-24-13)21-15(17(19)22-18)12-5-3-9-23(12)2/h3-10,15H,1-2H3,(H2,19,20,22). The molecule has 4 heterocycles. The van der Waals surface area contributed by atoms with Gasteiger partial charge in [-0.15, -0.1) is 11.3 Å². The Labute approximate surface area is 144 Å². The minimum atomic E-state index is -0.323. The van der Waals surface area contributed by atoms with E-state index in [-0.39, 0.29) is 6.04 Å². The molecule has 1 aliphatic heterocycles. The van der Waals surface area contributed by atoms with Gasteiger partial charge in [-0.05, 0) is 42.1 Å². The molecule has 3 aromatic heterocycles. The normalized spacial score (nSPS) is 17.0. The van der Waals surface area contributed by atoms with Gasteiger partial charge >= 0.3 is 0 Å². The molecule has 5 nitrogen and oxygen atoms in total. The van der Waals surface area contributed by atoms with E-state index in [1.165, 1.54) is 0 Å². The number of aliphatic imine (C=N–C) groups is 2. The van der Waals surface area contributed by atoms with E-state index >= 15 is 0 Å². The van der Waals surface area contributed by atoms with E-state index in [2.05, 4.69) is 28.3 Å². The summed E-state index contributed by atoms with van der Waals surface area (Å²) >= 11 is 1.66. The van der Waals surface area contributed by atoms with Gasteiger partial charge in [0.1, 0.15) is 11.9 Å². The molecule has 1 atom stereocenters. The van der Waals surface area contributed by atoms with Crippen LogP contribution in [0.1, 0.15) is 27.7 Å². The summed E-state index contributed by atoms with van der Waals surface area (Å²) in [5.41, 5.74) is 10.3. The Hall–Kier alpha value is -2.73. The third-order valence-electron chi connectivity index (χ3n) is 4.17. The molecule has 0 aromatic carbocycles. The van der Waals surface area contributed by atoms with Crippen molar-refractivity contribution < 1.29 is 0 Å². The van der Waals surface area contributed by atoms with Gasteiger partial charge in [0, 0.05) is 30.7 Å². The van der Waals surface area contributed by atoms with Crippen LogP contribution in [0.2, 0.25) is 0 Å². The number of thiophene rings is 1. The largest absolute Gasteiger partial charge is 0.385 e. The van der Waals surface area contributed by atoms with Crippen molar-refractivity contribution in [3.63, 3.8) is 0 Å². The molecule has 6 heteroatoms. The topological polar surface area (TPSA) is 68.6 Å². The van der Waals surface area contributed by atoms with E-state index < -0.39 is 0 Å². The van der Waals surface area contributed by atoms with Crippen molar-refractivity contribution in [1.82, 2.24) is 9.55 Å². The number of nitrogens with two attached hydrogens (primary N) is 1. The molecule has 0 radical (unpaired) electrons. The first kappa shape index (κ1) is 14.8. The molecule has 0 saturated heterocycles. The van der Waals surface area contributed by atoms with E-state index in [1.54, 1.807) is 17.5 Å². The molecule has 24 heavy (non-hydrogen) atoms. The summed E-state index contributed by atoms with van der Waals surface area (Å²) in [4.78, 5) is 15.1. The van der Waals surface area contributed by atoms with Crippen molar-refractivity contribution >= 4 is 28.7 Å². The third kappa shape index (κ3) is 2.35. The van der Waals surface area contributed by atoms with Crippen LogP contribution in [0.25, 0.3) is 0 Å². The van der Waals surface area contributed by atoms with Gasteiger partial charge in [-0.25, -0.2) is 9.98 Å². The molecular weight excluding hydrogens is 318 g/mol. The highest BCUT2D eigenvalue weighted by Crippen LogP contribution is 2.32. The van der Waals surface area contributed by atoms with Gasteiger partial charge < -0.3 is 10.3 Å². The van der Waals surface area contributed by atoms with Crippen molar-refractivity contribution in [3.8, 4) is 0 Å². The Morgan fingerprint density at radius 1 is 1.21 bits per heavy atom. The quantitative estimate of drug-likeness (QED) is 0.780. The molecule has 0 amide bonds. The fourth-order valence-electron chi connectivity index (χ4n) is 2.94. The summed E-state index contributed by atoms with van der Waals surface area (Å²) in [5, 5.41) is 2.05. The lowest BCUT2D eigenvalue weighted by Crippen LogP contribution is -2.22. The minimum absolute atomic E-state index is 0.323. The van der Waals surface area contributed by atoms with Crippen LogP contribution in [0.15, 0.2) is 58.1 Å². The third-order valence-corrected chi connectivity index (χ3v) is 5.04. The predicted molar refractivity (Wildman–Crippen MR) is 98.4 cm³/mol. The second-order valence-corrected chi connectivity index (χ2v) is 6.71. The number of rotatable bonds is 2. The molecule has 2 N–H and O–H groups in total. The number of fused-ring (bicyclic) bond motifs is 1. The van der Waals surface area contributed by atoms with E-state index in [1.807, 2.05) is 42.1 Å². The molecule has 1 aliphatic rings. The molecular formula is C18H17N5S. The lowest BCUT2D eigenvalue weighted by molar-refractivity contribution is 0.786. The Morgan fingerprint density at radius 2 is 2.08 bits per heavy atom. The monoisotopic (exact) mass is 335 g/mol. The molecule has 0 aliphatic carbocycles. The van der Waals surface area contributed by atoms with Gasteiger partial charge in [0.25, 0.3) is 0 Å². The maximum absolute atomic E-state index is 6.31. The molecule has 4 rings (SSSR count). The summed E-state index contributed by atoms with van der Waals surface area (Å²) in [6.45, 7) is 2.05. The van der Waals surface area contributed by atoms with Gasteiger partial charge in [0.2, 0.25) is 0 Å². The number of aromatic nitrogens is 2. The fraction of sp³-hybridized carbons (Fsp3) is 0.167. The number of hydrogen-bond acceptors (Lipinski definition) is 5. The van der Waals surface area contributed by atoms with Crippen molar-refractivity contribution in [3.05, 3.63) is 69.8 Å².